The number of piperidine rings is 1. The van der Waals surface area contributed by atoms with Gasteiger partial charge in [-0.05, 0) is 45.1 Å². The Hall–Kier alpha value is -0.120. The Bertz CT molecular complexity index is 418. The highest BCUT2D eigenvalue weighted by atomic mass is 35.5. The van der Waals surface area contributed by atoms with Gasteiger partial charge in [-0.25, -0.2) is 4.98 Å². The standard InChI is InChI=1S/C15H23ClN2S/c1-11(15-17-13(9-16)10-19-15)18-8-4-6-12-5-2-3-7-14(12)18/h10-12,14H,2-9H2,1H3/t11?,12-,14-/m1/s1. The molecule has 2 aliphatic rings. The summed E-state index contributed by atoms with van der Waals surface area (Å²) >= 11 is 7.65. The molecule has 0 bridgehead atoms. The summed E-state index contributed by atoms with van der Waals surface area (Å²) in [6.45, 7) is 3.58. The summed E-state index contributed by atoms with van der Waals surface area (Å²) in [7, 11) is 0. The molecule has 2 heterocycles. The molecule has 1 aliphatic carbocycles. The van der Waals surface area contributed by atoms with Gasteiger partial charge in [0.05, 0.1) is 17.6 Å². The van der Waals surface area contributed by atoms with Gasteiger partial charge < -0.3 is 0 Å². The van der Waals surface area contributed by atoms with Crippen molar-refractivity contribution in [2.24, 2.45) is 5.92 Å². The van der Waals surface area contributed by atoms with E-state index < -0.39 is 0 Å². The Kier molecular flexibility index (Phi) is 4.45. The molecule has 1 saturated carbocycles. The number of aromatic nitrogens is 1. The molecule has 0 aromatic carbocycles. The number of likely N-dealkylation sites (tertiary alicyclic amines) is 1. The molecule has 3 rings (SSSR count). The first-order chi connectivity index (χ1) is 9.29. The number of alkyl halides is 1. The van der Waals surface area contributed by atoms with Gasteiger partial charge in [-0.3, -0.25) is 4.90 Å². The number of thiazole rings is 1. The lowest BCUT2D eigenvalue weighted by Crippen LogP contribution is -2.47. The maximum atomic E-state index is 5.87. The number of hydrogen-bond donors (Lipinski definition) is 0. The van der Waals surface area contributed by atoms with Gasteiger partial charge in [-0.2, -0.15) is 0 Å². The van der Waals surface area contributed by atoms with E-state index in [1.165, 1.54) is 50.1 Å². The highest BCUT2D eigenvalue weighted by Crippen LogP contribution is 2.39. The predicted octanol–water partition coefficient (Wildman–Crippen LogP) is 4.60. The summed E-state index contributed by atoms with van der Waals surface area (Å²) < 4.78 is 0. The molecule has 2 nitrogen and oxygen atoms in total. The van der Waals surface area contributed by atoms with Crippen LogP contribution in [-0.4, -0.2) is 22.5 Å². The van der Waals surface area contributed by atoms with Crippen LogP contribution in [0.15, 0.2) is 5.38 Å². The van der Waals surface area contributed by atoms with Crippen molar-refractivity contribution in [3.63, 3.8) is 0 Å². The molecule has 19 heavy (non-hydrogen) atoms. The zero-order valence-corrected chi connectivity index (χ0v) is 13.2. The molecule has 1 unspecified atom stereocenters. The van der Waals surface area contributed by atoms with Crippen molar-refractivity contribution in [3.8, 4) is 0 Å². The maximum absolute atomic E-state index is 5.87. The van der Waals surface area contributed by atoms with Crippen LogP contribution in [0.1, 0.15) is 62.2 Å². The first-order valence-corrected chi connectivity index (χ1v) is 8.97. The average Bonchev–Trinajstić information content (AvgIpc) is 2.95. The first kappa shape index (κ1) is 13.8. The van der Waals surface area contributed by atoms with E-state index in [2.05, 4.69) is 22.2 Å². The lowest BCUT2D eigenvalue weighted by molar-refractivity contribution is 0.0307. The van der Waals surface area contributed by atoms with Crippen molar-refractivity contribution in [2.75, 3.05) is 6.54 Å². The summed E-state index contributed by atoms with van der Waals surface area (Å²) in [5.74, 6) is 1.48. The predicted molar refractivity (Wildman–Crippen MR) is 81.8 cm³/mol. The van der Waals surface area contributed by atoms with Gasteiger partial charge in [0, 0.05) is 11.4 Å². The molecule has 106 valence electrons. The van der Waals surface area contributed by atoms with E-state index in [4.69, 9.17) is 11.6 Å². The number of rotatable bonds is 3. The van der Waals surface area contributed by atoms with E-state index in [0.717, 1.165) is 17.7 Å². The van der Waals surface area contributed by atoms with Crippen molar-refractivity contribution >= 4 is 22.9 Å². The third-order valence-electron chi connectivity index (χ3n) is 4.85. The van der Waals surface area contributed by atoms with Crippen LogP contribution in [0.2, 0.25) is 0 Å². The second-order valence-corrected chi connectivity index (χ2v) is 7.14. The zero-order valence-electron chi connectivity index (χ0n) is 11.6. The minimum absolute atomic E-state index is 0.466. The van der Waals surface area contributed by atoms with Crippen LogP contribution >= 0.6 is 22.9 Å². The van der Waals surface area contributed by atoms with Crippen molar-refractivity contribution < 1.29 is 0 Å². The summed E-state index contributed by atoms with van der Waals surface area (Å²) in [6, 6.07) is 1.27. The second-order valence-electron chi connectivity index (χ2n) is 5.98. The lowest BCUT2D eigenvalue weighted by atomic mass is 9.78. The molecule has 1 saturated heterocycles. The molecule has 1 aromatic rings. The Labute approximate surface area is 125 Å². The number of nitrogens with zero attached hydrogens (tertiary/aromatic N) is 2. The summed E-state index contributed by atoms with van der Waals surface area (Å²) in [4.78, 5) is 7.41. The fourth-order valence-corrected chi connectivity index (χ4v) is 4.99. The Morgan fingerprint density at radius 3 is 2.95 bits per heavy atom. The van der Waals surface area contributed by atoms with Crippen LogP contribution in [-0.2, 0) is 5.88 Å². The van der Waals surface area contributed by atoms with Crippen molar-refractivity contribution in [2.45, 2.75) is 63.4 Å². The van der Waals surface area contributed by atoms with Crippen LogP contribution < -0.4 is 0 Å². The van der Waals surface area contributed by atoms with Crippen LogP contribution in [0, 0.1) is 5.92 Å². The topological polar surface area (TPSA) is 16.1 Å². The van der Waals surface area contributed by atoms with Gasteiger partial charge in [0.1, 0.15) is 5.01 Å². The summed E-state index contributed by atoms with van der Waals surface area (Å²) in [6.07, 6.45) is 8.49. The van der Waals surface area contributed by atoms with Crippen LogP contribution in [0.3, 0.4) is 0 Å². The number of halogens is 1. The van der Waals surface area contributed by atoms with Crippen LogP contribution in [0.5, 0.6) is 0 Å². The van der Waals surface area contributed by atoms with E-state index in [0.29, 0.717) is 11.9 Å². The molecule has 2 fully saturated rings. The van der Waals surface area contributed by atoms with Crippen molar-refractivity contribution in [3.05, 3.63) is 16.1 Å². The minimum Gasteiger partial charge on any atom is -0.291 e. The highest BCUT2D eigenvalue weighted by Gasteiger charge is 2.36. The third-order valence-corrected chi connectivity index (χ3v) is 6.19. The van der Waals surface area contributed by atoms with E-state index >= 15 is 0 Å². The fraction of sp³-hybridized carbons (Fsp3) is 0.800. The molecule has 0 spiro atoms. The molecule has 0 N–H and O–H groups in total. The minimum atomic E-state index is 0.466. The van der Waals surface area contributed by atoms with Crippen LogP contribution in [0.25, 0.3) is 0 Å². The lowest BCUT2D eigenvalue weighted by Gasteiger charge is -2.46. The number of hydrogen-bond acceptors (Lipinski definition) is 3. The molecule has 1 aliphatic heterocycles. The monoisotopic (exact) mass is 298 g/mol. The summed E-state index contributed by atoms with van der Waals surface area (Å²) in [5.41, 5.74) is 1.03. The SMILES string of the molecule is CC(c1nc(CCl)cs1)N1CCC[C@H]2CCCC[C@H]21. The van der Waals surface area contributed by atoms with Crippen molar-refractivity contribution in [1.82, 2.24) is 9.88 Å². The molecule has 0 amide bonds. The first-order valence-electron chi connectivity index (χ1n) is 7.55. The second kappa shape index (κ2) is 6.11. The third kappa shape index (κ3) is 2.84. The van der Waals surface area contributed by atoms with Gasteiger partial charge >= 0.3 is 0 Å². The van der Waals surface area contributed by atoms with Gasteiger partial charge in [0.25, 0.3) is 0 Å². The maximum Gasteiger partial charge on any atom is 0.110 e. The van der Waals surface area contributed by atoms with E-state index in [9.17, 15) is 0 Å². The van der Waals surface area contributed by atoms with E-state index in [1.807, 2.05) is 0 Å². The number of fused-ring (bicyclic) bond motifs is 1. The van der Waals surface area contributed by atoms with Gasteiger partial charge in [-0.1, -0.05) is 12.8 Å². The van der Waals surface area contributed by atoms with Gasteiger partial charge in [-0.15, -0.1) is 22.9 Å². The molecular formula is C15H23ClN2S. The zero-order chi connectivity index (χ0) is 13.2. The van der Waals surface area contributed by atoms with E-state index in [-0.39, 0.29) is 0 Å². The van der Waals surface area contributed by atoms with Crippen LogP contribution in [0.4, 0.5) is 0 Å². The van der Waals surface area contributed by atoms with Gasteiger partial charge in [0.15, 0.2) is 0 Å². The molecule has 3 atom stereocenters. The molecule has 4 heteroatoms. The Morgan fingerprint density at radius 1 is 1.37 bits per heavy atom. The molecule has 1 aromatic heterocycles. The summed E-state index contributed by atoms with van der Waals surface area (Å²) in [5, 5.41) is 3.36. The largest absolute Gasteiger partial charge is 0.291 e. The Balaban J connectivity index is 1.75. The average molecular weight is 299 g/mol. The Morgan fingerprint density at radius 2 is 2.16 bits per heavy atom. The highest BCUT2D eigenvalue weighted by molar-refractivity contribution is 7.09. The van der Waals surface area contributed by atoms with E-state index in [1.54, 1.807) is 11.3 Å². The van der Waals surface area contributed by atoms with Gasteiger partial charge in [0.2, 0.25) is 0 Å². The molecular weight excluding hydrogens is 276 g/mol. The normalized spacial score (nSPS) is 30.0. The van der Waals surface area contributed by atoms with Crippen molar-refractivity contribution in [1.29, 1.82) is 0 Å². The fourth-order valence-electron chi connectivity index (χ4n) is 3.86. The quantitative estimate of drug-likeness (QED) is 0.758. The molecule has 0 radical (unpaired) electrons. The smallest absolute Gasteiger partial charge is 0.110 e.